The first-order chi connectivity index (χ1) is 33.7. The van der Waals surface area contributed by atoms with Crippen molar-refractivity contribution in [3.8, 4) is 84.5 Å². The summed E-state index contributed by atoms with van der Waals surface area (Å²) in [5, 5.41) is 4.86. The van der Waals surface area contributed by atoms with E-state index in [9.17, 15) is 0 Å². The van der Waals surface area contributed by atoms with E-state index in [4.69, 9.17) is 19.9 Å². The molecule has 0 atom stereocenters. The Morgan fingerprint density at radius 1 is 0.368 bits per heavy atom. The quantitative estimate of drug-likeness (QED) is 0.153. The summed E-state index contributed by atoms with van der Waals surface area (Å²) >= 11 is 1.81. The monoisotopic (exact) mass is 885 g/mol. The first-order valence-electron chi connectivity index (χ1n) is 22.8. The fraction of sp³-hybridized carbons (Fsp3) is 0. The van der Waals surface area contributed by atoms with E-state index in [1.54, 1.807) is 0 Å². The van der Waals surface area contributed by atoms with E-state index >= 15 is 0 Å². The predicted octanol–water partition coefficient (Wildman–Crippen LogP) is 16.4. The maximum Gasteiger partial charge on any atom is 0.166 e. The Bertz CT molecular complexity index is 3880. The Kier molecular flexibility index (Phi) is 9.62. The van der Waals surface area contributed by atoms with Gasteiger partial charge in [0.1, 0.15) is 0 Å². The fourth-order valence-electron chi connectivity index (χ4n) is 9.87. The number of hydrogen-bond donors (Lipinski definition) is 0. The Morgan fingerprint density at radius 2 is 0.882 bits per heavy atom. The Labute approximate surface area is 397 Å². The number of fused-ring (bicyclic) bond motifs is 7. The zero-order valence-corrected chi connectivity index (χ0v) is 37.5. The van der Waals surface area contributed by atoms with Gasteiger partial charge in [-0.1, -0.05) is 200 Å². The van der Waals surface area contributed by atoms with Crippen LogP contribution in [0.4, 0.5) is 0 Å². The standard InChI is InChI=1S/C62H39N5S/c1-6-20-40(21-7-1)46-31-18-32-47(41-22-8-2-9-23-41)55(46)44-38-52(62-65-60(42-24-10-3-11-25-42)64-61(66-62)43-26-12-4-13-27-43)57(63-39-44)51-34-19-33-50-56-54(68-59(50)51)37-36-49-48-30-16-17-35-53(48)67(58(49)56)45-28-14-5-15-29-45/h1-39H. The van der Waals surface area contributed by atoms with Crippen LogP contribution in [0.2, 0.25) is 0 Å². The number of benzene rings is 9. The zero-order chi connectivity index (χ0) is 45.0. The van der Waals surface area contributed by atoms with Crippen molar-refractivity contribution < 1.29 is 0 Å². The largest absolute Gasteiger partial charge is 0.309 e. The van der Waals surface area contributed by atoms with Crippen LogP contribution in [0.25, 0.3) is 126 Å². The van der Waals surface area contributed by atoms with Crippen LogP contribution >= 0.6 is 11.3 Å². The molecule has 0 spiro atoms. The highest BCUT2D eigenvalue weighted by atomic mass is 32.1. The third-order valence-corrected chi connectivity index (χ3v) is 14.1. The van der Waals surface area contributed by atoms with Gasteiger partial charge in [-0.2, -0.15) is 0 Å². The number of aromatic nitrogens is 5. The number of rotatable bonds is 8. The van der Waals surface area contributed by atoms with Gasteiger partial charge in [-0.25, -0.2) is 15.0 Å². The van der Waals surface area contributed by atoms with E-state index in [0.717, 1.165) is 71.7 Å². The summed E-state index contributed by atoms with van der Waals surface area (Å²) in [4.78, 5) is 21.4. The molecule has 0 amide bonds. The second-order valence-electron chi connectivity index (χ2n) is 16.9. The molecule has 0 saturated carbocycles. The highest BCUT2D eigenvalue weighted by Gasteiger charge is 2.24. The lowest BCUT2D eigenvalue weighted by molar-refractivity contribution is 1.07. The van der Waals surface area contributed by atoms with Crippen LogP contribution in [0.3, 0.4) is 0 Å². The minimum absolute atomic E-state index is 0.546. The molecule has 0 aliphatic rings. The molecule has 68 heavy (non-hydrogen) atoms. The maximum absolute atomic E-state index is 5.56. The van der Waals surface area contributed by atoms with Crippen LogP contribution in [-0.2, 0) is 0 Å². The summed E-state index contributed by atoms with van der Waals surface area (Å²) in [6, 6.07) is 81.1. The third kappa shape index (κ3) is 6.69. The summed E-state index contributed by atoms with van der Waals surface area (Å²) in [5.74, 6) is 1.73. The van der Waals surface area contributed by atoms with E-state index in [1.165, 1.54) is 37.3 Å². The van der Waals surface area contributed by atoms with E-state index in [2.05, 4.69) is 199 Å². The number of nitrogens with zero attached hydrogens (tertiary/aromatic N) is 5. The van der Waals surface area contributed by atoms with Crippen molar-refractivity contribution in [1.82, 2.24) is 24.5 Å². The highest BCUT2D eigenvalue weighted by Crippen LogP contribution is 2.48. The van der Waals surface area contributed by atoms with Crippen LogP contribution in [0.15, 0.2) is 237 Å². The van der Waals surface area contributed by atoms with Gasteiger partial charge in [0.15, 0.2) is 17.5 Å². The molecule has 0 saturated heterocycles. The molecule has 0 unspecified atom stereocenters. The van der Waals surface area contributed by atoms with Crippen molar-refractivity contribution in [3.63, 3.8) is 0 Å². The third-order valence-electron chi connectivity index (χ3n) is 12.9. The Balaban J connectivity index is 1.12. The molecule has 0 aliphatic heterocycles. The number of para-hydroxylation sites is 2. The first kappa shape index (κ1) is 39.5. The van der Waals surface area contributed by atoms with Gasteiger partial charge in [0, 0.05) is 70.6 Å². The lowest BCUT2D eigenvalue weighted by Gasteiger charge is -2.18. The molecule has 4 aromatic heterocycles. The Hall–Kier alpha value is -8.84. The van der Waals surface area contributed by atoms with Gasteiger partial charge in [0.05, 0.1) is 16.7 Å². The molecule has 0 bridgehead atoms. The summed E-state index contributed by atoms with van der Waals surface area (Å²) < 4.78 is 4.79. The van der Waals surface area contributed by atoms with Gasteiger partial charge in [-0.05, 0) is 58.1 Å². The molecule has 0 N–H and O–H groups in total. The molecule has 5 nitrogen and oxygen atoms in total. The lowest BCUT2D eigenvalue weighted by Crippen LogP contribution is -2.02. The smallest absolute Gasteiger partial charge is 0.166 e. The lowest BCUT2D eigenvalue weighted by atomic mass is 9.87. The van der Waals surface area contributed by atoms with Crippen molar-refractivity contribution >= 4 is 53.3 Å². The van der Waals surface area contributed by atoms with Gasteiger partial charge in [-0.3, -0.25) is 4.98 Å². The second kappa shape index (κ2) is 16.5. The van der Waals surface area contributed by atoms with E-state index in [0.29, 0.717) is 17.5 Å². The molecule has 0 fully saturated rings. The molecule has 318 valence electrons. The maximum atomic E-state index is 5.56. The first-order valence-corrected chi connectivity index (χ1v) is 23.6. The normalized spacial score (nSPS) is 11.5. The zero-order valence-electron chi connectivity index (χ0n) is 36.7. The molecule has 13 aromatic rings. The van der Waals surface area contributed by atoms with Crippen LogP contribution < -0.4 is 0 Å². The minimum Gasteiger partial charge on any atom is -0.309 e. The summed E-state index contributed by atoms with van der Waals surface area (Å²) in [5.41, 5.74) is 14.5. The minimum atomic E-state index is 0.546. The fourth-order valence-corrected chi connectivity index (χ4v) is 11.1. The summed E-state index contributed by atoms with van der Waals surface area (Å²) in [6.45, 7) is 0. The molecule has 0 aliphatic carbocycles. The SMILES string of the molecule is c1ccc(-c2nc(-c3ccccc3)nc(-c3cc(-c4c(-c5ccccc5)cccc4-c4ccccc4)cnc3-c3cccc4c3sc3ccc5c6ccccc6n(-c6ccccc6)c5c34)n2)cc1. The molecule has 4 heterocycles. The van der Waals surface area contributed by atoms with Gasteiger partial charge in [0.2, 0.25) is 0 Å². The van der Waals surface area contributed by atoms with Crippen LogP contribution in [0.1, 0.15) is 0 Å². The molecular weight excluding hydrogens is 847 g/mol. The van der Waals surface area contributed by atoms with E-state index < -0.39 is 0 Å². The van der Waals surface area contributed by atoms with Crippen molar-refractivity contribution in [1.29, 1.82) is 0 Å². The highest BCUT2D eigenvalue weighted by molar-refractivity contribution is 7.26. The average Bonchev–Trinajstić information content (AvgIpc) is 3.98. The molecule has 9 aromatic carbocycles. The van der Waals surface area contributed by atoms with Gasteiger partial charge in [-0.15, -0.1) is 11.3 Å². The second-order valence-corrected chi connectivity index (χ2v) is 18.0. The van der Waals surface area contributed by atoms with Crippen molar-refractivity contribution in [2.24, 2.45) is 0 Å². The van der Waals surface area contributed by atoms with Crippen LogP contribution in [-0.4, -0.2) is 24.5 Å². The average molecular weight is 886 g/mol. The number of pyridine rings is 1. The van der Waals surface area contributed by atoms with Gasteiger partial charge in [0.25, 0.3) is 0 Å². The van der Waals surface area contributed by atoms with Gasteiger partial charge >= 0.3 is 0 Å². The van der Waals surface area contributed by atoms with Gasteiger partial charge < -0.3 is 4.57 Å². The molecule has 6 heteroatoms. The van der Waals surface area contributed by atoms with Crippen molar-refractivity contribution in [3.05, 3.63) is 237 Å². The van der Waals surface area contributed by atoms with E-state index in [-0.39, 0.29) is 0 Å². The van der Waals surface area contributed by atoms with Crippen LogP contribution in [0.5, 0.6) is 0 Å². The topological polar surface area (TPSA) is 56.5 Å². The van der Waals surface area contributed by atoms with Crippen molar-refractivity contribution in [2.75, 3.05) is 0 Å². The summed E-state index contributed by atoms with van der Waals surface area (Å²) in [7, 11) is 0. The van der Waals surface area contributed by atoms with Crippen LogP contribution in [0, 0.1) is 0 Å². The molecule has 13 rings (SSSR count). The van der Waals surface area contributed by atoms with E-state index in [1.807, 2.05) is 53.9 Å². The number of hydrogen-bond acceptors (Lipinski definition) is 5. The molecule has 0 radical (unpaired) electrons. The predicted molar refractivity (Wildman–Crippen MR) is 283 cm³/mol. The molecular formula is C62H39N5S. The van der Waals surface area contributed by atoms with Crippen molar-refractivity contribution in [2.45, 2.75) is 0 Å². The number of thiophene rings is 1. The Morgan fingerprint density at radius 3 is 1.51 bits per heavy atom. The summed E-state index contributed by atoms with van der Waals surface area (Å²) in [6.07, 6.45) is 2.04.